The standard InChI is InChI=1S/C18H26ClNO/c1-14-5-4-10-18(11-14,13-20-16-8-9-16)21-12-15-6-2-3-7-17(15)19/h2-3,6-7,14,16,20H,4-5,8-13H2,1H3. The largest absolute Gasteiger partial charge is 0.369 e. The van der Waals surface area contributed by atoms with Gasteiger partial charge in [0.25, 0.3) is 0 Å². The van der Waals surface area contributed by atoms with Crippen LogP contribution in [-0.2, 0) is 11.3 Å². The van der Waals surface area contributed by atoms with Crippen LogP contribution in [0.25, 0.3) is 0 Å². The van der Waals surface area contributed by atoms with Gasteiger partial charge >= 0.3 is 0 Å². The molecule has 3 rings (SSSR count). The number of rotatable bonds is 6. The van der Waals surface area contributed by atoms with Gasteiger partial charge in [0.15, 0.2) is 0 Å². The molecular weight excluding hydrogens is 282 g/mol. The minimum atomic E-state index is -0.000568. The van der Waals surface area contributed by atoms with Crippen LogP contribution in [0.1, 0.15) is 51.0 Å². The van der Waals surface area contributed by atoms with Gasteiger partial charge in [-0.25, -0.2) is 0 Å². The predicted molar refractivity (Wildman–Crippen MR) is 87.6 cm³/mol. The molecule has 0 amide bonds. The van der Waals surface area contributed by atoms with Crippen LogP contribution >= 0.6 is 11.6 Å². The highest BCUT2D eigenvalue weighted by atomic mass is 35.5. The first kappa shape index (κ1) is 15.3. The molecule has 21 heavy (non-hydrogen) atoms. The van der Waals surface area contributed by atoms with Crippen LogP contribution in [-0.4, -0.2) is 18.2 Å². The Morgan fingerprint density at radius 1 is 1.29 bits per heavy atom. The third kappa shape index (κ3) is 4.21. The minimum Gasteiger partial charge on any atom is -0.369 e. The van der Waals surface area contributed by atoms with Crippen LogP contribution in [0.3, 0.4) is 0 Å². The second-order valence-electron chi connectivity index (χ2n) is 6.92. The molecule has 3 heteroatoms. The van der Waals surface area contributed by atoms with Crippen LogP contribution in [0.15, 0.2) is 24.3 Å². The van der Waals surface area contributed by atoms with Gasteiger partial charge in [-0.05, 0) is 43.2 Å². The maximum absolute atomic E-state index is 6.44. The topological polar surface area (TPSA) is 21.3 Å². The van der Waals surface area contributed by atoms with E-state index >= 15 is 0 Å². The molecule has 1 N–H and O–H groups in total. The monoisotopic (exact) mass is 307 g/mol. The molecule has 2 fully saturated rings. The quantitative estimate of drug-likeness (QED) is 0.832. The molecule has 2 saturated carbocycles. The highest BCUT2D eigenvalue weighted by Crippen LogP contribution is 2.36. The minimum absolute atomic E-state index is 0.000568. The first-order valence-corrected chi connectivity index (χ1v) is 8.65. The number of hydrogen-bond donors (Lipinski definition) is 1. The van der Waals surface area contributed by atoms with E-state index in [0.717, 1.165) is 35.5 Å². The van der Waals surface area contributed by atoms with Crippen LogP contribution in [0.5, 0.6) is 0 Å². The predicted octanol–water partition coefficient (Wildman–Crippen LogP) is 4.56. The summed E-state index contributed by atoms with van der Waals surface area (Å²) in [6.45, 7) is 3.97. The Morgan fingerprint density at radius 3 is 2.81 bits per heavy atom. The van der Waals surface area contributed by atoms with Crippen molar-refractivity contribution in [3.8, 4) is 0 Å². The fraction of sp³-hybridized carbons (Fsp3) is 0.667. The van der Waals surface area contributed by atoms with Gasteiger partial charge in [-0.1, -0.05) is 49.6 Å². The SMILES string of the molecule is CC1CCCC(CNC2CC2)(OCc2ccccc2Cl)C1. The number of halogens is 1. The van der Waals surface area contributed by atoms with E-state index in [-0.39, 0.29) is 5.60 Å². The summed E-state index contributed by atoms with van der Waals surface area (Å²) in [5, 5.41) is 4.49. The summed E-state index contributed by atoms with van der Waals surface area (Å²) in [6, 6.07) is 8.75. The Labute approximate surface area is 133 Å². The van der Waals surface area contributed by atoms with E-state index in [2.05, 4.69) is 18.3 Å². The summed E-state index contributed by atoms with van der Waals surface area (Å²) < 4.78 is 6.44. The average molecular weight is 308 g/mol. The van der Waals surface area contributed by atoms with Gasteiger partial charge in [0, 0.05) is 17.6 Å². The van der Waals surface area contributed by atoms with Gasteiger partial charge in [-0.3, -0.25) is 0 Å². The van der Waals surface area contributed by atoms with Crippen LogP contribution in [0.4, 0.5) is 0 Å². The molecule has 0 heterocycles. The van der Waals surface area contributed by atoms with Gasteiger partial charge < -0.3 is 10.1 Å². The van der Waals surface area contributed by atoms with E-state index in [1.165, 1.54) is 32.1 Å². The molecule has 0 aromatic heterocycles. The van der Waals surface area contributed by atoms with Gasteiger partial charge in [0.1, 0.15) is 0 Å². The van der Waals surface area contributed by atoms with Crippen molar-refractivity contribution in [2.24, 2.45) is 5.92 Å². The van der Waals surface area contributed by atoms with E-state index in [4.69, 9.17) is 16.3 Å². The normalized spacial score (nSPS) is 29.5. The summed E-state index contributed by atoms with van der Waals surface area (Å²) in [5.41, 5.74) is 1.10. The molecule has 0 radical (unpaired) electrons. The molecule has 2 nitrogen and oxygen atoms in total. The summed E-state index contributed by atoms with van der Waals surface area (Å²) in [6.07, 6.45) is 7.60. The van der Waals surface area contributed by atoms with Crippen molar-refractivity contribution < 1.29 is 4.74 Å². The Morgan fingerprint density at radius 2 is 2.10 bits per heavy atom. The average Bonchev–Trinajstić information content (AvgIpc) is 3.29. The summed E-state index contributed by atoms with van der Waals surface area (Å²) in [5.74, 6) is 0.756. The molecule has 1 aromatic rings. The molecule has 0 spiro atoms. The van der Waals surface area contributed by atoms with Crippen molar-refractivity contribution >= 4 is 11.6 Å². The highest BCUT2D eigenvalue weighted by molar-refractivity contribution is 6.31. The van der Waals surface area contributed by atoms with E-state index in [1.54, 1.807) is 0 Å². The zero-order valence-electron chi connectivity index (χ0n) is 12.9. The van der Waals surface area contributed by atoms with Gasteiger partial charge in [0.05, 0.1) is 12.2 Å². The maximum Gasteiger partial charge on any atom is 0.0813 e. The smallest absolute Gasteiger partial charge is 0.0813 e. The van der Waals surface area contributed by atoms with Crippen molar-refractivity contribution in [3.63, 3.8) is 0 Å². The second kappa shape index (κ2) is 6.68. The fourth-order valence-electron chi connectivity index (χ4n) is 3.42. The molecule has 0 saturated heterocycles. The van der Waals surface area contributed by atoms with E-state index in [1.807, 2.05) is 18.2 Å². The lowest BCUT2D eigenvalue weighted by molar-refractivity contribution is -0.0891. The van der Waals surface area contributed by atoms with Crippen LogP contribution in [0.2, 0.25) is 5.02 Å². The van der Waals surface area contributed by atoms with Crippen LogP contribution in [0, 0.1) is 5.92 Å². The molecular formula is C18H26ClNO. The van der Waals surface area contributed by atoms with Gasteiger partial charge in [-0.2, -0.15) is 0 Å². The van der Waals surface area contributed by atoms with Gasteiger partial charge in [-0.15, -0.1) is 0 Å². The summed E-state index contributed by atoms with van der Waals surface area (Å²) >= 11 is 6.26. The Balaban J connectivity index is 1.64. The van der Waals surface area contributed by atoms with E-state index < -0.39 is 0 Å². The van der Waals surface area contributed by atoms with Crippen molar-refractivity contribution in [1.82, 2.24) is 5.32 Å². The maximum atomic E-state index is 6.44. The first-order valence-electron chi connectivity index (χ1n) is 8.28. The molecule has 2 aliphatic rings. The fourth-order valence-corrected chi connectivity index (χ4v) is 3.61. The Bertz CT molecular complexity index is 474. The lowest BCUT2D eigenvalue weighted by atomic mass is 9.78. The zero-order valence-corrected chi connectivity index (χ0v) is 13.7. The molecule has 0 bridgehead atoms. The lowest BCUT2D eigenvalue weighted by Crippen LogP contribution is -2.47. The molecule has 116 valence electrons. The molecule has 2 aliphatic carbocycles. The number of ether oxygens (including phenoxy) is 1. The Hall–Kier alpha value is -0.570. The lowest BCUT2D eigenvalue weighted by Gasteiger charge is -2.40. The number of hydrogen-bond acceptors (Lipinski definition) is 2. The number of nitrogens with one attached hydrogen (secondary N) is 1. The molecule has 2 atom stereocenters. The number of benzene rings is 1. The summed E-state index contributed by atoms with van der Waals surface area (Å²) in [7, 11) is 0. The van der Waals surface area contributed by atoms with Crippen molar-refractivity contribution in [1.29, 1.82) is 0 Å². The van der Waals surface area contributed by atoms with Gasteiger partial charge in [0.2, 0.25) is 0 Å². The third-order valence-electron chi connectivity index (χ3n) is 4.83. The van der Waals surface area contributed by atoms with Crippen LogP contribution < -0.4 is 5.32 Å². The second-order valence-corrected chi connectivity index (χ2v) is 7.33. The van der Waals surface area contributed by atoms with Crippen molar-refractivity contribution in [2.45, 2.75) is 63.7 Å². The molecule has 0 aliphatic heterocycles. The van der Waals surface area contributed by atoms with E-state index in [0.29, 0.717) is 6.61 Å². The third-order valence-corrected chi connectivity index (χ3v) is 5.20. The van der Waals surface area contributed by atoms with E-state index in [9.17, 15) is 0 Å². The first-order chi connectivity index (χ1) is 10.2. The molecule has 1 aromatic carbocycles. The summed E-state index contributed by atoms with van der Waals surface area (Å²) in [4.78, 5) is 0. The Kier molecular flexibility index (Phi) is 4.88. The van der Waals surface area contributed by atoms with Crippen molar-refractivity contribution in [3.05, 3.63) is 34.9 Å². The van der Waals surface area contributed by atoms with Crippen molar-refractivity contribution in [2.75, 3.05) is 6.54 Å². The molecule has 2 unspecified atom stereocenters. The zero-order chi connectivity index (χ0) is 14.7. The highest BCUT2D eigenvalue weighted by Gasteiger charge is 2.37.